The molecule has 2 aliphatic rings. The van der Waals surface area contributed by atoms with Crippen molar-refractivity contribution < 1.29 is 0 Å². The summed E-state index contributed by atoms with van der Waals surface area (Å²) in [6.45, 7) is 10.7. The molecule has 0 aromatic heterocycles. The van der Waals surface area contributed by atoms with Gasteiger partial charge >= 0.3 is 0 Å². The molecule has 1 saturated carbocycles. The topological polar surface area (TPSA) is 15.3 Å². The summed E-state index contributed by atoms with van der Waals surface area (Å²) in [4.78, 5) is 2.76. The highest BCUT2D eigenvalue weighted by atomic mass is 15.2. The second-order valence-electron chi connectivity index (χ2n) is 7.90. The fraction of sp³-hybridized carbons (Fsp3) is 0.684. The predicted molar refractivity (Wildman–Crippen MR) is 89.3 cm³/mol. The van der Waals surface area contributed by atoms with E-state index in [-0.39, 0.29) is 0 Å². The average molecular weight is 286 g/mol. The maximum atomic E-state index is 3.79. The molecule has 1 aromatic carbocycles. The highest BCUT2D eigenvalue weighted by Crippen LogP contribution is 2.47. The average Bonchev–Trinajstić information content (AvgIpc) is 3.17. The second-order valence-corrected chi connectivity index (χ2v) is 7.90. The van der Waals surface area contributed by atoms with Gasteiger partial charge in [-0.3, -0.25) is 4.90 Å². The Bertz CT molecular complexity index is 450. The van der Waals surface area contributed by atoms with Crippen molar-refractivity contribution >= 4 is 0 Å². The molecule has 2 fully saturated rings. The Morgan fingerprint density at radius 3 is 2.57 bits per heavy atom. The quantitative estimate of drug-likeness (QED) is 0.884. The van der Waals surface area contributed by atoms with Crippen LogP contribution in [-0.2, 0) is 0 Å². The van der Waals surface area contributed by atoms with Gasteiger partial charge in [0.15, 0.2) is 0 Å². The van der Waals surface area contributed by atoms with E-state index in [4.69, 9.17) is 0 Å². The van der Waals surface area contributed by atoms with Gasteiger partial charge in [0.1, 0.15) is 0 Å². The second kappa shape index (κ2) is 6.10. The van der Waals surface area contributed by atoms with Crippen LogP contribution in [0, 0.1) is 11.3 Å². The van der Waals surface area contributed by atoms with Crippen LogP contribution in [0.2, 0.25) is 0 Å². The predicted octanol–water partition coefficient (Wildman–Crippen LogP) is 3.85. The first-order chi connectivity index (χ1) is 10.1. The van der Waals surface area contributed by atoms with Crippen molar-refractivity contribution in [1.82, 2.24) is 10.2 Å². The molecule has 0 bridgehead atoms. The van der Waals surface area contributed by atoms with Crippen LogP contribution >= 0.6 is 0 Å². The van der Waals surface area contributed by atoms with E-state index in [1.54, 1.807) is 0 Å². The highest BCUT2D eigenvalue weighted by molar-refractivity contribution is 5.20. The molecule has 21 heavy (non-hydrogen) atoms. The maximum absolute atomic E-state index is 3.79. The van der Waals surface area contributed by atoms with E-state index in [1.165, 1.54) is 37.9 Å². The molecule has 2 atom stereocenters. The number of nitrogens with one attached hydrogen (secondary N) is 1. The van der Waals surface area contributed by atoms with Gasteiger partial charge in [0, 0.05) is 31.7 Å². The maximum Gasteiger partial charge on any atom is 0.0473 e. The van der Waals surface area contributed by atoms with E-state index in [0.717, 1.165) is 12.5 Å². The number of hydrogen-bond donors (Lipinski definition) is 1. The molecule has 1 N–H and O–H groups in total. The molecule has 1 aliphatic carbocycles. The van der Waals surface area contributed by atoms with Gasteiger partial charge in [-0.15, -0.1) is 0 Å². The van der Waals surface area contributed by atoms with E-state index in [9.17, 15) is 0 Å². The molecule has 1 heterocycles. The Morgan fingerprint density at radius 1 is 1.24 bits per heavy atom. The molecular formula is C19H30N2. The van der Waals surface area contributed by atoms with Crippen molar-refractivity contribution in [1.29, 1.82) is 0 Å². The number of piperazine rings is 1. The summed E-state index contributed by atoms with van der Waals surface area (Å²) < 4.78 is 0. The van der Waals surface area contributed by atoms with Crippen LogP contribution < -0.4 is 5.32 Å². The summed E-state index contributed by atoms with van der Waals surface area (Å²) in [6, 6.07) is 12.3. The molecule has 116 valence electrons. The number of hydrogen-bond acceptors (Lipinski definition) is 2. The van der Waals surface area contributed by atoms with Gasteiger partial charge in [0.25, 0.3) is 0 Å². The molecule has 2 unspecified atom stereocenters. The Balaban J connectivity index is 1.72. The molecule has 0 spiro atoms. The SMILES string of the molecule is CC(C)CC1CN(CC2(C)CC2)C(c2ccccc2)CN1. The van der Waals surface area contributed by atoms with E-state index in [1.807, 2.05) is 0 Å². The fourth-order valence-electron chi connectivity index (χ4n) is 3.65. The Morgan fingerprint density at radius 2 is 1.95 bits per heavy atom. The van der Waals surface area contributed by atoms with Crippen molar-refractivity contribution in [2.75, 3.05) is 19.6 Å². The monoisotopic (exact) mass is 286 g/mol. The fourth-order valence-corrected chi connectivity index (χ4v) is 3.65. The first kappa shape index (κ1) is 15.1. The van der Waals surface area contributed by atoms with Gasteiger partial charge in [0.05, 0.1) is 0 Å². The Kier molecular flexibility index (Phi) is 4.37. The van der Waals surface area contributed by atoms with Crippen LogP contribution in [0.5, 0.6) is 0 Å². The minimum absolute atomic E-state index is 0.548. The van der Waals surface area contributed by atoms with Crippen molar-refractivity contribution in [3.8, 4) is 0 Å². The third-order valence-corrected chi connectivity index (χ3v) is 5.12. The van der Waals surface area contributed by atoms with E-state index >= 15 is 0 Å². The van der Waals surface area contributed by atoms with Gasteiger partial charge in [-0.05, 0) is 36.2 Å². The van der Waals surface area contributed by atoms with Crippen LogP contribution in [0.25, 0.3) is 0 Å². The standard InChI is InChI=1S/C19H30N2/c1-15(2)11-17-13-21(14-19(3)9-10-19)18(12-20-17)16-7-5-4-6-8-16/h4-8,15,17-18,20H,9-14H2,1-3H3. The Labute approximate surface area is 129 Å². The lowest BCUT2D eigenvalue weighted by Crippen LogP contribution is -2.53. The molecule has 0 radical (unpaired) electrons. The van der Waals surface area contributed by atoms with Crippen molar-refractivity contribution in [2.45, 2.75) is 52.1 Å². The zero-order valence-electron chi connectivity index (χ0n) is 13.8. The molecule has 2 heteroatoms. The summed E-state index contributed by atoms with van der Waals surface area (Å²) in [6.07, 6.45) is 4.11. The number of benzene rings is 1. The Hall–Kier alpha value is -0.860. The summed E-state index contributed by atoms with van der Waals surface area (Å²) >= 11 is 0. The zero-order chi connectivity index (χ0) is 14.9. The van der Waals surface area contributed by atoms with Crippen LogP contribution in [0.3, 0.4) is 0 Å². The van der Waals surface area contributed by atoms with Gasteiger partial charge < -0.3 is 5.32 Å². The first-order valence-corrected chi connectivity index (χ1v) is 8.58. The van der Waals surface area contributed by atoms with Crippen molar-refractivity contribution in [3.63, 3.8) is 0 Å². The summed E-state index contributed by atoms with van der Waals surface area (Å²) in [5.41, 5.74) is 2.06. The summed E-state index contributed by atoms with van der Waals surface area (Å²) in [5, 5.41) is 3.79. The normalized spacial score (nSPS) is 28.8. The molecule has 2 nitrogen and oxygen atoms in total. The molecular weight excluding hydrogens is 256 g/mol. The van der Waals surface area contributed by atoms with Crippen LogP contribution in [0.1, 0.15) is 51.6 Å². The third-order valence-electron chi connectivity index (χ3n) is 5.12. The van der Waals surface area contributed by atoms with E-state index in [0.29, 0.717) is 17.5 Å². The van der Waals surface area contributed by atoms with Gasteiger partial charge in [0.2, 0.25) is 0 Å². The van der Waals surface area contributed by atoms with Crippen molar-refractivity contribution in [2.24, 2.45) is 11.3 Å². The summed E-state index contributed by atoms with van der Waals surface area (Å²) in [7, 11) is 0. The smallest absolute Gasteiger partial charge is 0.0473 e. The molecule has 1 saturated heterocycles. The van der Waals surface area contributed by atoms with Gasteiger partial charge in [-0.2, -0.15) is 0 Å². The van der Waals surface area contributed by atoms with Crippen LogP contribution in [-0.4, -0.2) is 30.6 Å². The van der Waals surface area contributed by atoms with Gasteiger partial charge in [-0.1, -0.05) is 51.1 Å². The first-order valence-electron chi connectivity index (χ1n) is 8.58. The van der Waals surface area contributed by atoms with E-state index < -0.39 is 0 Å². The number of nitrogens with zero attached hydrogens (tertiary/aromatic N) is 1. The molecule has 1 aromatic rings. The van der Waals surface area contributed by atoms with E-state index in [2.05, 4.69) is 61.3 Å². The number of rotatable bonds is 5. The van der Waals surface area contributed by atoms with Gasteiger partial charge in [-0.25, -0.2) is 0 Å². The lowest BCUT2D eigenvalue weighted by atomic mass is 9.95. The largest absolute Gasteiger partial charge is 0.311 e. The molecule has 0 amide bonds. The lowest BCUT2D eigenvalue weighted by Gasteiger charge is -2.42. The third kappa shape index (κ3) is 3.87. The minimum atomic E-state index is 0.548. The van der Waals surface area contributed by atoms with Crippen molar-refractivity contribution in [3.05, 3.63) is 35.9 Å². The van der Waals surface area contributed by atoms with Crippen LogP contribution in [0.4, 0.5) is 0 Å². The lowest BCUT2D eigenvalue weighted by molar-refractivity contribution is 0.101. The molecule has 3 rings (SSSR count). The minimum Gasteiger partial charge on any atom is -0.311 e. The zero-order valence-corrected chi connectivity index (χ0v) is 13.8. The van der Waals surface area contributed by atoms with Crippen LogP contribution in [0.15, 0.2) is 30.3 Å². The molecule has 1 aliphatic heterocycles. The highest BCUT2D eigenvalue weighted by Gasteiger charge is 2.41. The summed E-state index contributed by atoms with van der Waals surface area (Å²) in [5.74, 6) is 0.772.